The summed E-state index contributed by atoms with van der Waals surface area (Å²) in [7, 11) is 0. The highest BCUT2D eigenvalue weighted by Gasteiger charge is 2.12. The molecule has 1 N–H and O–H groups in total. The zero-order valence-corrected chi connectivity index (χ0v) is 12.7. The lowest BCUT2D eigenvalue weighted by molar-refractivity contribution is 0.0526. The van der Waals surface area contributed by atoms with E-state index in [4.69, 9.17) is 4.74 Å². The number of benzene rings is 2. The molecule has 1 amide bonds. The van der Waals surface area contributed by atoms with Crippen molar-refractivity contribution >= 4 is 11.9 Å². The van der Waals surface area contributed by atoms with Gasteiger partial charge in [0.1, 0.15) is 0 Å². The largest absolute Gasteiger partial charge is 0.462 e. The molecule has 1 unspecified atom stereocenters. The molecule has 0 saturated carbocycles. The standard InChI is InChI=1S/C18H19NO3/c1-3-22-18(21)16-11-9-14(10-12-16)13(2)19-17(20)15-7-5-4-6-8-15/h4-13H,3H2,1-2H3,(H,19,20). The molecule has 22 heavy (non-hydrogen) atoms. The summed E-state index contributed by atoms with van der Waals surface area (Å²) >= 11 is 0. The lowest BCUT2D eigenvalue weighted by atomic mass is 10.1. The highest BCUT2D eigenvalue weighted by Crippen LogP contribution is 2.15. The summed E-state index contributed by atoms with van der Waals surface area (Å²) in [6.07, 6.45) is 0. The Morgan fingerprint density at radius 1 is 1.00 bits per heavy atom. The van der Waals surface area contributed by atoms with Crippen molar-refractivity contribution in [1.29, 1.82) is 0 Å². The molecule has 0 aliphatic rings. The fourth-order valence-electron chi connectivity index (χ4n) is 2.08. The Morgan fingerprint density at radius 2 is 1.64 bits per heavy atom. The monoisotopic (exact) mass is 297 g/mol. The van der Waals surface area contributed by atoms with Crippen LogP contribution in [0.4, 0.5) is 0 Å². The predicted molar refractivity (Wildman–Crippen MR) is 84.7 cm³/mol. The molecule has 4 nitrogen and oxygen atoms in total. The lowest BCUT2D eigenvalue weighted by Gasteiger charge is -2.14. The molecule has 4 heteroatoms. The summed E-state index contributed by atoms with van der Waals surface area (Å²) in [6.45, 7) is 4.03. The number of ether oxygens (including phenoxy) is 1. The van der Waals surface area contributed by atoms with Gasteiger partial charge in [-0.3, -0.25) is 4.79 Å². The molecule has 114 valence electrons. The van der Waals surface area contributed by atoms with E-state index < -0.39 is 0 Å². The number of carbonyl (C=O) groups is 2. The third-order valence-corrected chi connectivity index (χ3v) is 3.31. The van der Waals surface area contributed by atoms with E-state index >= 15 is 0 Å². The maximum Gasteiger partial charge on any atom is 0.338 e. The van der Waals surface area contributed by atoms with Gasteiger partial charge >= 0.3 is 5.97 Å². The van der Waals surface area contributed by atoms with E-state index in [-0.39, 0.29) is 17.9 Å². The van der Waals surface area contributed by atoms with Crippen LogP contribution in [0, 0.1) is 0 Å². The molecule has 0 bridgehead atoms. The average Bonchev–Trinajstić information content (AvgIpc) is 2.56. The average molecular weight is 297 g/mol. The van der Waals surface area contributed by atoms with Gasteiger partial charge in [-0.05, 0) is 43.7 Å². The second-order valence-electron chi connectivity index (χ2n) is 4.90. The van der Waals surface area contributed by atoms with E-state index in [1.807, 2.05) is 37.3 Å². The number of amides is 1. The van der Waals surface area contributed by atoms with Crippen LogP contribution in [-0.2, 0) is 4.74 Å². The third-order valence-electron chi connectivity index (χ3n) is 3.31. The molecule has 1 atom stereocenters. The zero-order valence-electron chi connectivity index (χ0n) is 12.7. The van der Waals surface area contributed by atoms with E-state index in [0.717, 1.165) is 5.56 Å². The Hall–Kier alpha value is -2.62. The molecule has 0 aliphatic heterocycles. The minimum atomic E-state index is -0.338. The Balaban J connectivity index is 2.02. The van der Waals surface area contributed by atoms with Crippen molar-refractivity contribution < 1.29 is 14.3 Å². The van der Waals surface area contributed by atoms with Crippen molar-refractivity contribution in [3.8, 4) is 0 Å². The number of rotatable bonds is 5. The second kappa shape index (κ2) is 7.41. The highest BCUT2D eigenvalue weighted by molar-refractivity contribution is 5.94. The van der Waals surface area contributed by atoms with Gasteiger partial charge in [-0.15, -0.1) is 0 Å². The first-order chi connectivity index (χ1) is 10.6. The topological polar surface area (TPSA) is 55.4 Å². The van der Waals surface area contributed by atoms with Crippen molar-refractivity contribution in [2.24, 2.45) is 0 Å². The Labute approximate surface area is 130 Å². The molecule has 0 aromatic heterocycles. The van der Waals surface area contributed by atoms with Crippen molar-refractivity contribution in [3.63, 3.8) is 0 Å². The van der Waals surface area contributed by atoms with Crippen molar-refractivity contribution in [2.75, 3.05) is 6.61 Å². The van der Waals surface area contributed by atoms with Gasteiger partial charge < -0.3 is 10.1 Å². The zero-order chi connectivity index (χ0) is 15.9. The van der Waals surface area contributed by atoms with E-state index in [9.17, 15) is 9.59 Å². The van der Waals surface area contributed by atoms with E-state index in [0.29, 0.717) is 17.7 Å². The van der Waals surface area contributed by atoms with Crippen LogP contribution in [0.3, 0.4) is 0 Å². The second-order valence-corrected chi connectivity index (χ2v) is 4.90. The van der Waals surface area contributed by atoms with E-state index in [1.54, 1.807) is 31.2 Å². The molecule has 2 aromatic carbocycles. The predicted octanol–water partition coefficient (Wildman–Crippen LogP) is 3.35. The van der Waals surface area contributed by atoms with Crippen LogP contribution in [0.1, 0.15) is 46.2 Å². The van der Waals surface area contributed by atoms with Crippen LogP contribution in [0.25, 0.3) is 0 Å². The highest BCUT2D eigenvalue weighted by atomic mass is 16.5. The Morgan fingerprint density at radius 3 is 2.23 bits per heavy atom. The fourth-order valence-corrected chi connectivity index (χ4v) is 2.08. The lowest BCUT2D eigenvalue weighted by Crippen LogP contribution is -2.26. The van der Waals surface area contributed by atoms with Crippen LogP contribution < -0.4 is 5.32 Å². The molecular formula is C18H19NO3. The third kappa shape index (κ3) is 3.95. The van der Waals surface area contributed by atoms with Crippen molar-refractivity contribution in [1.82, 2.24) is 5.32 Å². The summed E-state index contributed by atoms with van der Waals surface area (Å²) in [4.78, 5) is 23.7. The number of hydrogen-bond donors (Lipinski definition) is 1. The van der Waals surface area contributed by atoms with Crippen LogP contribution in [0.5, 0.6) is 0 Å². The van der Waals surface area contributed by atoms with Crippen molar-refractivity contribution in [3.05, 3.63) is 71.3 Å². The summed E-state index contributed by atoms with van der Waals surface area (Å²) in [6, 6.07) is 16.0. The van der Waals surface area contributed by atoms with E-state index in [2.05, 4.69) is 5.32 Å². The van der Waals surface area contributed by atoms with Crippen molar-refractivity contribution in [2.45, 2.75) is 19.9 Å². The van der Waals surface area contributed by atoms with Crippen LogP contribution >= 0.6 is 0 Å². The molecule has 0 heterocycles. The fraction of sp³-hybridized carbons (Fsp3) is 0.222. The summed E-state index contributed by atoms with van der Waals surface area (Å²) in [5.41, 5.74) is 2.06. The van der Waals surface area contributed by atoms with Gasteiger partial charge in [0.05, 0.1) is 18.2 Å². The quantitative estimate of drug-likeness (QED) is 0.861. The van der Waals surface area contributed by atoms with Gasteiger partial charge in [-0.25, -0.2) is 4.79 Å². The maximum atomic E-state index is 12.1. The SMILES string of the molecule is CCOC(=O)c1ccc(C(C)NC(=O)c2ccccc2)cc1. The minimum absolute atomic E-state index is 0.123. The molecule has 0 fully saturated rings. The summed E-state index contributed by atoms with van der Waals surface area (Å²) in [5, 5.41) is 2.93. The van der Waals surface area contributed by atoms with Gasteiger partial charge in [0, 0.05) is 5.56 Å². The molecule has 0 spiro atoms. The molecule has 0 radical (unpaired) electrons. The normalized spacial score (nSPS) is 11.5. The van der Waals surface area contributed by atoms with Crippen LogP contribution in [0.2, 0.25) is 0 Å². The van der Waals surface area contributed by atoms with Gasteiger partial charge in [-0.2, -0.15) is 0 Å². The number of hydrogen-bond acceptors (Lipinski definition) is 3. The van der Waals surface area contributed by atoms with Crippen LogP contribution in [-0.4, -0.2) is 18.5 Å². The van der Waals surface area contributed by atoms with Gasteiger partial charge in [0.15, 0.2) is 0 Å². The number of esters is 1. The molecule has 2 rings (SSSR count). The first-order valence-corrected chi connectivity index (χ1v) is 7.24. The van der Waals surface area contributed by atoms with Gasteiger partial charge in [0.2, 0.25) is 0 Å². The number of carbonyl (C=O) groups excluding carboxylic acids is 2. The first kappa shape index (κ1) is 15.8. The molecule has 2 aromatic rings. The Kier molecular flexibility index (Phi) is 5.31. The molecule has 0 saturated heterocycles. The maximum absolute atomic E-state index is 12.1. The van der Waals surface area contributed by atoms with Gasteiger partial charge in [-0.1, -0.05) is 30.3 Å². The smallest absolute Gasteiger partial charge is 0.338 e. The van der Waals surface area contributed by atoms with Gasteiger partial charge in [0.25, 0.3) is 5.91 Å². The minimum Gasteiger partial charge on any atom is -0.462 e. The Bertz CT molecular complexity index is 635. The van der Waals surface area contributed by atoms with Crippen LogP contribution in [0.15, 0.2) is 54.6 Å². The summed E-state index contributed by atoms with van der Waals surface area (Å²) in [5.74, 6) is -0.461. The molecular weight excluding hydrogens is 278 g/mol. The number of nitrogens with one attached hydrogen (secondary N) is 1. The summed E-state index contributed by atoms with van der Waals surface area (Å²) < 4.78 is 4.94. The van der Waals surface area contributed by atoms with E-state index in [1.165, 1.54) is 0 Å². The first-order valence-electron chi connectivity index (χ1n) is 7.24. The molecule has 0 aliphatic carbocycles.